The highest BCUT2D eigenvalue weighted by Gasteiger charge is 2.25. The summed E-state index contributed by atoms with van der Waals surface area (Å²) < 4.78 is 0. The van der Waals surface area contributed by atoms with Crippen LogP contribution in [0.3, 0.4) is 0 Å². The summed E-state index contributed by atoms with van der Waals surface area (Å²) in [6.07, 6.45) is 1.88. The summed E-state index contributed by atoms with van der Waals surface area (Å²) in [5, 5.41) is 10.8. The second kappa shape index (κ2) is 3.92. The zero-order valence-corrected chi connectivity index (χ0v) is 9.70. The number of thioether (sulfide) groups is 1. The van der Waals surface area contributed by atoms with Gasteiger partial charge in [0.05, 0.1) is 5.52 Å². The van der Waals surface area contributed by atoms with Gasteiger partial charge in [0, 0.05) is 22.9 Å². The minimum absolute atomic E-state index is 0.516. The number of aliphatic carboxylic acids is 1. The lowest BCUT2D eigenvalue weighted by molar-refractivity contribution is -0.137. The van der Waals surface area contributed by atoms with E-state index in [9.17, 15) is 4.79 Å². The Morgan fingerprint density at radius 3 is 3.12 bits per heavy atom. The number of H-pyrrole nitrogens is 1. The molecule has 5 heteroatoms. The van der Waals surface area contributed by atoms with Gasteiger partial charge in [-0.05, 0) is 6.07 Å². The van der Waals surface area contributed by atoms with E-state index in [0.717, 1.165) is 21.5 Å². The highest BCUT2D eigenvalue weighted by atomic mass is 32.2. The number of aromatic amines is 1. The molecule has 0 amide bonds. The summed E-state index contributed by atoms with van der Waals surface area (Å²) in [5.41, 5.74) is 2.01. The first-order chi connectivity index (χ1) is 8.25. The molecule has 1 atom stereocenters. The van der Waals surface area contributed by atoms with Gasteiger partial charge in [-0.3, -0.25) is 4.99 Å². The number of rotatable bonds is 2. The van der Waals surface area contributed by atoms with E-state index in [-0.39, 0.29) is 0 Å². The molecule has 0 spiro atoms. The third kappa shape index (κ3) is 1.72. The first-order valence-electron chi connectivity index (χ1n) is 5.25. The summed E-state index contributed by atoms with van der Waals surface area (Å²) in [6, 6.07) is 7.33. The van der Waals surface area contributed by atoms with Gasteiger partial charge in [0.2, 0.25) is 0 Å². The Labute approximate surface area is 102 Å². The average molecular weight is 246 g/mol. The maximum Gasteiger partial charge on any atom is 0.329 e. The highest BCUT2D eigenvalue weighted by Crippen LogP contribution is 2.27. The number of fused-ring (bicyclic) bond motifs is 1. The van der Waals surface area contributed by atoms with Gasteiger partial charge in [0.25, 0.3) is 0 Å². The molecule has 3 rings (SSSR count). The van der Waals surface area contributed by atoms with Gasteiger partial charge < -0.3 is 10.1 Å². The number of carboxylic acid groups (broad SMARTS) is 1. The van der Waals surface area contributed by atoms with Gasteiger partial charge in [0.15, 0.2) is 6.04 Å². The van der Waals surface area contributed by atoms with Crippen molar-refractivity contribution in [3.8, 4) is 0 Å². The Kier molecular flexibility index (Phi) is 2.40. The van der Waals surface area contributed by atoms with Crippen molar-refractivity contribution in [3.63, 3.8) is 0 Å². The van der Waals surface area contributed by atoms with Crippen LogP contribution in [-0.2, 0) is 4.79 Å². The number of aliphatic imine (C=N–C) groups is 1. The number of carboxylic acids is 1. The Bertz CT molecular complexity index is 618. The lowest BCUT2D eigenvalue weighted by Crippen LogP contribution is -2.17. The molecular formula is C12H10N2O2S. The number of nitrogens with zero attached hydrogens (tertiary/aromatic N) is 1. The number of nitrogens with one attached hydrogen (secondary N) is 1. The molecule has 0 fully saturated rings. The number of aromatic nitrogens is 1. The second-order valence-electron chi connectivity index (χ2n) is 3.85. The fraction of sp³-hybridized carbons (Fsp3) is 0.167. The minimum Gasteiger partial charge on any atom is -0.480 e. The molecule has 0 saturated heterocycles. The van der Waals surface area contributed by atoms with Gasteiger partial charge in [0.1, 0.15) is 5.04 Å². The number of carbonyl (C=O) groups is 1. The molecule has 1 aliphatic heterocycles. The zero-order chi connectivity index (χ0) is 11.8. The summed E-state index contributed by atoms with van der Waals surface area (Å²) in [6.45, 7) is 0. The van der Waals surface area contributed by atoms with Gasteiger partial charge in [-0.25, -0.2) is 4.79 Å². The van der Waals surface area contributed by atoms with Crippen molar-refractivity contribution >= 4 is 33.7 Å². The standard InChI is InChI=1S/C12H10N2O2S/c15-12(16)9-6-17-11(14-9)8-3-1-2-7-4-5-13-10(7)8/h1-5,9,13H,6H2,(H,15,16). The van der Waals surface area contributed by atoms with Crippen LogP contribution in [-0.4, -0.2) is 32.9 Å². The van der Waals surface area contributed by atoms with Crippen LogP contribution in [0.15, 0.2) is 35.5 Å². The molecule has 0 radical (unpaired) electrons. The predicted octanol–water partition coefficient (Wildman–Crippen LogP) is 2.11. The smallest absolute Gasteiger partial charge is 0.329 e. The molecule has 0 aliphatic carbocycles. The lowest BCUT2D eigenvalue weighted by Gasteiger charge is -2.01. The number of benzene rings is 1. The van der Waals surface area contributed by atoms with Crippen LogP contribution in [0.25, 0.3) is 10.9 Å². The first kappa shape index (κ1) is 10.4. The van der Waals surface area contributed by atoms with Crippen molar-refractivity contribution in [1.82, 2.24) is 4.98 Å². The van der Waals surface area contributed by atoms with Crippen molar-refractivity contribution in [1.29, 1.82) is 0 Å². The van der Waals surface area contributed by atoms with E-state index in [0.29, 0.717) is 5.75 Å². The van der Waals surface area contributed by atoms with Crippen LogP contribution >= 0.6 is 11.8 Å². The van der Waals surface area contributed by atoms with Gasteiger partial charge in [-0.15, -0.1) is 11.8 Å². The van der Waals surface area contributed by atoms with Crippen molar-refractivity contribution in [2.24, 2.45) is 4.99 Å². The summed E-state index contributed by atoms with van der Waals surface area (Å²) in [7, 11) is 0. The monoisotopic (exact) mass is 246 g/mol. The third-order valence-electron chi connectivity index (χ3n) is 2.75. The Morgan fingerprint density at radius 1 is 1.47 bits per heavy atom. The summed E-state index contributed by atoms with van der Waals surface area (Å²) in [4.78, 5) is 18.3. The second-order valence-corrected chi connectivity index (χ2v) is 4.86. The van der Waals surface area contributed by atoms with Crippen LogP contribution in [0.4, 0.5) is 0 Å². The van der Waals surface area contributed by atoms with Crippen LogP contribution in [0.1, 0.15) is 5.56 Å². The molecule has 2 N–H and O–H groups in total. The molecule has 1 aliphatic rings. The molecule has 4 nitrogen and oxygen atoms in total. The van der Waals surface area contributed by atoms with Gasteiger partial charge in [-0.1, -0.05) is 18.2 Å². The van der Waals surface area contributed by atoms with E-state index in [1.54, 1.807) is 0 Å². The van der Waals surface area contributed by atoms with Crippen molar-refractivity contribution < 1.29 is 9.90 Å². The Morgan fingerprint density at radius 2 is 2.35 bits per heavy atom. The predicted molar refractivity (Wildman–Crippen MR) is 68.7 cm³/mol. The summed E-state index contributed by atoms with van der Waals surface area (Å²) in [5.74, 6) is -0.340. The third-order valence-corrected chi connectivity index (χ3v) is 3.83. The molecule has 1 aromatic heterocycles. The van der Waals surface area contributed by atoms with E-state index < -0.39 is 12.0 Å². The fourth-order valence-electron chi connectivity index (χ4n) is 1.91. The topological polar surface area (TPSA) is 65.4 Å². The van der Waals surface area contributed by atoms with E-state index >= 15 is 0 Å². The molecule has 1 unspecified atom stereocenters. The minimum atomic E-state index is -0.855. The molecule has 1 aromatic carbocycles. The van der Waals surface area contributed by atoms with Crippen molar-refractivity contribution in [3.05, 3.63) is 36.0 Å². The number of para-hydroxylation sites is 1. The largest absolute Gasteiger partial charge is 0.480 e. The van der Waals surface area contributed by atoms with Crippen molar-refractivity contribution in [2.45, 2.75) is 6.04 Å². The highest BCUT2D eigenvalue weighted by molar-refractivity contribution is 8.14. The lowest BCUT2D eigenvalue weighted by atomic mass is 10.1. The van der Waals surface area contributed by atoms with E-state index in [1.807, 2.05) is 30.5 Å². The van der Waals surface area contributed by atoms with Gasteiger partial charge >= 0.3 is 5.97 Å². The first-order valence-corrected chi connectivity index (χ1v) is 6.24. The van der Waals surface area contributed by atoms with E-state index in [2.05, 4.69) is 9.98 Å². The SMILES string of the molecule is O=C(O)C1CSC(c2cccc3cc[nH]c23)=N1. The van der Waals surface area contributed by atoms with Crippen molar-refractivity contribution in [2.75, 3.05) is 5.75 Å². The van der Waals surface area contributed by atoms with E-state index in [4.69, 9.17) is 5.11 Å². The fourth-order valence-corrected chi connectivity index (χ4v) is 2.97. The van der Waals surface area contributed by atoms with Gasteiger partial charge in [-0.2, -0.15) is 0 Å². The zero-order valence-electron chi connectivity index (χ0n) is 8.88. The molecule has 17 heavy (non-hydrogen) atoms. The molecule has 2 aromatic rings. The average Bonchev–Trinajstić information content (AvgIpc) is 2.97. The molecule has 0 bridgehead atoms. The van der Waals surface area contributed by atoms with Crippen LogP contribution in [0.2, 0.25) is 0 Å². The summed E-state index contributed by atoms with van der Waals surface area (Å²) >= 11 is 1.50. The molecule has 2 heterocycles. The molecule has 0 saturated carbocycles. The Balaban J connectivity index is 2.08. The normalized spacial score (nSPS) is 19.5. The van der Waals surface area contributed by atoms with Crippen LogP contribution < -0.4 is 0 Å². The number of hydrogen-bond acceptors (Lipinski definition) is 3. The Hall–Kier alpha value is -1.75. The maximum atomic E-state index is 10.9. The van der Waals surface area contributed by atoms with Crippen LogP contribution in [0.5, 0.6) is 0 Å². The molecule has 86 valence electrons. The van der Waals surface area contributed by atoms with Crippen LogP contribution in [0, 0.1) is 0 Å². The van der Waals surface area contributed by atoms with E-state index in [1.165, 1.54) is 11.8 Å². The quantitative estimate of drug-likeness (QED) is 0.853. The molecular weight excluding hydrogens is 236 g/mol. The number of hydrogen-bond donors (Lipinski definition) is 2. The maximum absolute atomic E-state index is 10.9.